The van der Waals surface area contributed by atoms with E-state index in [1.165, 1.54) is 12.1 Å². The molecule has 22 heavy (non-hydrogen) atoms. The van der Waals surface area contributed by atoms with Crippen molar-refractivity contribution in [2.75, 3.05) is 6.54 Å². The number of nitro benzene ring substituents is 1. The Balaban J connectivity index is 2.28. The number of para-hydroxylation sites is 1. The molecular weight excluding hydrogens is 304 g/mol. The molecule has 0 saturated carbocycles. The first-order chi connectivity index (χ1) is 10.5. The van der Waals surface area contributed by atoms with Crippen LogP contribution < -0.4 is 0 Å². The zero-order valence-electron chi connectivity index (χ0n) is 12.0. The van der Waals surface area contributed by atoms with E-state index in [1.54, 1.807) is 35.2 Å². The third-order valence-electron chi connectivity index (χ3n) is 3.26. The van der Waals surface area contributed by atoms with E-state index in [4.69, 9.17) is 11.6 Å². The highest BCUT2D eigenvalue weighted by Gasteiger charge is 2.23. The quantitative estimate of drug-likeness (QED) is 0.620. The van der Waals surface area contributed by atoms with Gasteiger partial charge in [-0.15, -0.1) is 0 Å². The van der Waals surface area contributed by atoms with Crippen molar-refractivity contribution in [3.05, 3.63) is 74.8 Å². The number of nitro groups is 1. The van der Waals surface area contributed by atoms with E-state index in [0.717, 1.165) is 5.56 Å². The molecular formula is C16H15ClN2O3. The first-order valence-corrected chi connectivity index (χ1v) is 7.18. The molecule has 0 bridgehead atoms. The zero-order chi connectivity index (χ0) is 16.1. The van der Waals surface area contributed by atoms with Gasteiger partial charge in [0.25, 0.3) is 11.6 Å². The predicted molar refractivity (Wildman–Crippen MR) is 85.0 cm³/mol. The monoisotopic (exact) mass is 318 g/mol. The van der Waals surface area contributed by atoms with Crippen LogP contribution in [0.1, 0.15) is 22.8 Å². The molecule has 0 spiro atoms. The van der Waals surface area contributed by atoms with Crippen LogP contribution in [-0.2, 0) is 6.54 Å². The van der Waals surface area contributed by atoms with Gasteiger partial charge in [-0.05, 0) is 30.7 Å². The second kappa shape index (κ2) is 7.04. The Hall–Kier alpha value is -2.40. The number of nitrogens with zero attached hydrogens (tertiary/aromatic N) is 2. The molecule has 0 aromatic heterocycles. The predicted octanol–water partition coefficient (Wildman–Crippen LogP) is 3.91. The third kappa shape index (κ3) is 3.62. The third-order valence-corrected chi connectivity index (χ3v) is 3.50. The van der Waals surface area contributed by atoms with Crippen LogP contribution in [-0.4, -0.2) is 22.3 Å². The van der Waals surface area contributed by atoms with E-state index < -0.39 is 4.92 Å². The van der Waals surface area contributed by atoms with Crippen molar-refractivity contribution in [2.45, 2.75) is 13.5 Å². The fraction of sp³-hybridized carbons (Fsp3) is 0.188. The molecule has 0 unspecified atom stereocenters. The smallest absolute Gasteiger partial charge is 0.282 e. The minimum Gasteiger partial charge on any atom is -0.334 e. The normalized spacial score (nSPS) is 10.3. The zero-order valence-corrected chi connectivity index (χ0v) is 12.8. The second-order valence-electron chi connectivity index (χ2n) is 4.72. The van der Waals surface area contributed by atoms with Gasteiger partial charge in [0.15, 0.2) is 0 Å². The van der Waals surface area contributed by atoms with Crippen molar-refractivity contribution in [3.63, 3.8) is 0 Å². The van der Waals surface area contributed by atoms with Crippen LogP contribution in [0.5, 0.6) is 0 Å². The van der Waals surface area contributed by atoms with E-state index in [-0.39, 0.29) is 17.2 Å². The Morgan fingerprint density at radius 3 is 2.59 bits per heavy atom. The number of carbonyl (C=O) groups is 1. The molecule has 0 atom stereocenters. The summed E-state index contributed by atoms with van der Waals surface area (Å²) in [5.41, 5.74) is 0.787. The first-order valence-electron chi connectivity index (χ1n) is 6.80. The molecule has 2 aromatic rings. The molecule has 2 rings (SSSR count). The Labute approximate surface area is 133 Å². The molecule has 0 heterocycles. The van der Waals surface area contributed by atoms with Crippen LogP contribution in [0.4, 0.5) is 5.69 Å². The number of halogens is 1. The molecule has 0 aliphatic heterocycles. The fourth-order valence-corrected chi connectivity index (χ4v) is 2.38. The summed E-state index contributed by atoms with van der Waals surface area (Å²) in [5, 5.41) is 11.6. The Bertz CT molecular complexity index is 703. The summed E-state index contributed by atoms with van der Waals surface area (Å²) in [5.74, 6) is -0.366. The summed E-state index contributed by atoms with van der Waals surface area (Å²) >= 11 is 5.94. The minimum absolute atomic E-state index is 0.0939. The molecule has 6 heteroatoms. The number of hydrogen-bond donors (Lipinski definition) is 0. The van der Waals surface area contributed by atoms with Gasteiger partial charge in [-0.2, -0.15) is 0 Å². The minimum atomic E-state index is -0.541. The lowest BCUT2D eigenvalue weighted by Crippen LogP contribution is -2.30. The van der Waals surface area contributed by atoms with Crippen molar-refractivity contribution in [1.29, 1.82) is 0 Å². The second-order valence-corrected chi connectivity index (χ2v) is 5.16. The molecule has 0 N–H and O–H groups in total. The van der Waals surface area contributed by atoms with Crippen LogP contribution in [0.25, 0.3) is 0 Å². The molecule has 1 amide bonds. The van der Waals surface area contributed by atoms with Gasteiger partial charge < -0.3 is 4.90 Å². The van der Waals surface area contributed by atoms with Crippen molar-refractivity contribution < 1.29 is 9.72 Å². The van der Waals surface area contributed by atoms with Crippen LogP contribution >= 0.6 is 11.6 Å². The molecule has 0 aliphatic rings. The largest absolute Gasteiger partial charge is 0.334 e. The maximum absolute atomic E-state index is 12.6. The molecule has 0 aliphatic carbocycles. The summed E-state index contributed by atoms with van der Waals surface area (Å²) in [6, 6.07) is 13.2. The molecule has 0 fully saturated rings. The molecule has 2 aromatic carbocycles. The highest BCUT2D eigenvalue weighted by molar-refractivity contribution is 6.30. The Morgan fingerprint density at radius 2 is 1.95 bits per heavy atom. The number of benzene rings is 2. The average molecular weight is 319 g/mol. The van der Waals surface area contributed by atoms with Crippen LogP contribution in [0, 0.1) is 10.1 Å². The topological polar surface area (TPSA) is 63.5 Å². The number of rotatable bonds is 5. The van der Waals surface area contributed by atoms with E-state index in [0.29, 0.717) is 18.1 Å². The standard InChI is InChI=1S/C16H15ClN2O3/c1-2-18(11-12-6-5-7-13(17)10-12)16(20)14-8-3-4-9-15(14)19(21)22/h3-10H,2,11H2,1H3. The summed E-state index contributed by atoms with van der Waals surface area (Å²) in [7, 11) is 0. The van der Waals surface area contributed by atoms with Gasteiger partial charge in [0.05, 0.1) is 4.92 Å². The molecule has 0 saturated heterocycles. The summed E-state index contributed by atoms with van der Waals surface area (Å²) in [6.07, 6.45) is 0. The van der Waals surface area contributed by atoms with Crippen LogP contribution in [0.3, 0.4) is 0 Å². The lowest BCUT2D eigenvalue weighted by molar-refractivity contribution is -0.385. The van der Waals surface area contributed by atoms with Gasteiger partial charge in [-0.3, -0.25) is 14.9 Å². The summed E-state index contributed by atoms with van der Waals surface area (Å²) in [4.78, 5) is 24.6. The van der Waals surface area contributed by atoms with Crippen LogP contribution in [0.15, 0.2) is 48.5 Å². The number of carbonyl (C=O) groups excluding carboxylic acids is 1. The molecule has 0 radical (unpaired) electrons. The lowest BCUT2D eigenvalue weighted by atomic mass is 10.1. The van der Waals surface area contributed by atoms with Gasteiger partial charge in [0.2, 0.25) is 0 Å². The van der Waals surface area contributed by atoms with E-state index in [1.807, 2.05) is 13.0 Å². The van der Waals surface area contributed by atoms with Gasteiger partial charge >= 0.3 is 0 Å². The Kier molecular flexibility index (Phi) is 5.12. The Morgan fingerprint density at radius 1 is 1.23 bits per heavy atom. The number of hydrogen-bond acceptors (Lipinski definition) is 3. The van der Waals surface area contributed by atoms with Gasteiger partial charge in [-0.25, -0.2) is 0 Å². The number of amides is 1. The molecule has 5 nitrogen and oxygen atoms in total. The summed E-state index contributed by atoms with van der Waals surface area (Å²) in [6.45, 7) is 2.62. The van der Waals surface area contributed by atoms with Crippen LogP contribution in [0.2, 0.25) is 5.02 Å². The van der Waals surface area contributed by atoms with Crippen molar-refractivity contribution >= 4 is 23.2 Å². The SMILES string of the molecule is CCN(Cc1cccc(Cl)c1)C(=O)c1ccccc1[N+](=O)[O-]. The molecule has 114 valence electrons. The van der Waals surface area contributed by atoms with Gasteiger partial charge in [0.1, 0.15) is 5.56 Å². The van der Waals surface area contributed by atoms with Gasteiger partial charge in [-0.1, -0.05) is 35.9 Å². The van der Waals surface area contributed by atoms with E-state index in [9.17, 15) is 14.9 Å². The summed E-state index contributed by atoms with van der Waals surface area (Å²) < 4.78 is 0. The maximum atomic E-state index is 12.6. The van der Waals surface area contributed by atoms with E-state index in [2.05, 4.69) is 0 Å². The lowest BCUT2D eigenvalue weighted by Gasteiger charge is -2.21. The first kappa shape index (κ1) is 16.0. The van der Waals surface area contributed by atoms with Crippen molar-refractivity contribution in [3.8, 4) is 0 Å². The van der Waals surface area contributed by atoms with Crippen molar-refractivity contribution in [1.82, 2.24) is 4.90 Å². The van der Waals surface area contributed by atoms with Gasteiger partial charge in [0, 0.05) is 24.2 Å². The van der Waals surface area contributed by atoms with E-state index >= 15 is 0 Å². The highest BCUT2D eigenvalue weighted by atomic mass is 35.5. The average Bonchev–Trinajstić information content (AvgIpc) is 2.52. The maximum Gasteiger partial charge on any atom is 0.282 e. The van der Waals surface area contributed by atoms with Crippen molar-refractivity contribution in [2.24, 2.45) is 0 Å². The highest BCUT2D eigenvalue weighted by Crippen LogP contribution is 2.21. The fourth-order valence-electron chi connectivity index (χ4n) is 2.17.